The Morgan fingerprint density at radius 2 is 2.18 bits per heavy atom. The van der Waals surface area contributed by atoms with Crippen molar-refractivity contribution in [3.63, 3.8) is 0 Å². The number of rotatable bonds is 4. The van der Waals surface area contributed by atoms with Gasteiger partial charge in [0.15, 0.2) is 0 Å². The predicted octanol–water partition coefficient (Wildman–Crippen LogP) is -2.95. The fourth-order valence-electron chi connectivity index (χ4n) is 0.455. The standard InChI is InChI=1S/C5H9O4P.Na/c1-9-5(6)3-2-4-10(7)8;/h2-4H2,1H3;/q;+1. The van der Waals surface area contributed by atoms with Crippen molar-refractivity contribution < 1.29 is 48.5 Å². The van der Waals surface area contributed by atoms with Gasteiger partial charge in [0, 0.05) is 12.8 Å². The number of hydrogen-bond acceptors (Lipinski definition) is 4. The van der Waals surface area contributed by atoms with Crippen LogP contribution >= 0.6 is 8.03 Å². The van der Waals surface area contributed by atoms with Crippen molar-refractivity contribution in [2.75, 3.05) is 13.3 Å². The van der Waals surface area contributed by atoms with E-state index < -0.39 is 8.03 Å². The van der Waals surface area contributed by atoms with Crippen LogP contribution in [0.5, 0.6) is 0 Å². The van der Waals surface area contributed by atoms with Crippen molar-refractivity contribution >= 4 is 14.0 Å². The van der Waals surface area contributed by atoms with Gasteiger partial charge < -0.3 is 9.63 Å². The average Bonchev–Trinajstić information content (AvgIpc) is 1.87. The van der Waals surface area contributed by atoms with Gasteiger partial charge in [0.05, 0.1) is 7.11 Å². The Balaban J connectivity index is 0. The normalized spacial score (nSPS) is 9.82. The van der Waals surface area contributed by atoms with E-state index in [9.17, 15) is 14.3 Å². The summed E-state index contributed by atoms with van der Waals surface area (Å²) in [5.74, 6) is -0.364. The number of methoxy groups -OCH3 is 1. The molecule has 0 rings (SSSR count). The molecule has 0 radical (unpaired) electrons. The third-order valence-corrected chi connectivity index (χ3v) is 1.63. The molecule has 1 atom stereocenters. The largest absolute Gasteiger partial charge is 1.00 e. The zero-order valence-corrected chi connectivity index (χ0v) is 9.60. The minimum Gasteiger partial charge on any atom is -0.596 e. The van der Waals surface area contributed by atoms with Gasteiger partial charge in [-0.3, -0.25) is 4.79 Å². The van der Waals surface area contributed by atoms with Gasteiger partial charge in [0.1, 0.15) is 6.16 Å². The average molecular weight is 187 g/mol. The molecule has 0 amide bonds. The van der Waals surface area contributed by atoms with E-state index in [2.05, 4.69) is 4.74 Å². The Bertz CT molecular complexity index is 138. The first-order valence-corrected chi connectivity index (χ1v) is 4.21. The van der Waals surface area contributed by atoms with E-state index in [0.29, 0.717) is 6.42 Å². The summed E-state index contributed by atoms with van der Waals surface area (Å²) in [7, 11) is -1.07. The minimum atomic E-state index is -2.34. The fourth-order valence-corrected chi connectivity index (χ4v) is 0.871. The zero-order chi connectivity index (χ0) is 7.98. The molecule has 11 heavy (non-hydrogen) atoms. The van der Waals surface area contributed by atoms with Crippen LogP contribution in [0.2, 0.25) is 0 Å². The van der Waals surface area contributed by atoms with Crippen molar-refractivity contribution in [3.8, 4) is 0 Å². The van der Waals surface area contributed by atoms with Crippen molar-refractivity contribution in [1.82, 2.24) is 0 Å². The van der Waals surface area contributed by atoms with Crippen LogP contribution in [0, 0.1) is 0 Å². The van der Waals surface area contributed by atoms with E-state index in [1.807, 2.05) is 0 Å². The van der Waals surface area contributed by atoms with Crippen molar-refractivity contribution in [1.29, 1.82) is 0 Å². The van der Waals surface area contributed by atoms with Gasteiger partial charge in [-0.15, -0.1) is 0 Å². The van der Waals surface area contributed by atoms with E-state index in [1.165, 1.54) is 7.11 Å². The topological polar surface area (TPSA) is 66.4 Å². The van der Waals surface area contributed by atoms with Crippen LogP contribution in [0.1, 0.15) is 12.8 Å². The summed E-state index contributed by atoms with van der Waals surface area (Å²) in [4.78, 5) is 20.3. The molecule has 58 valence electrons. The third kappa shape index (κ3) is 10.5. The van der Waals surface area contributed by atoms with Crippen molar-refractivity contribution in [2.24, 2.45) is 0 Å². The first-order valence-electron chi connectivity index (χ1n) is 2.85. The monoisotopic (exact) mass is 187 g/mol. The zero-order valence-electron chi connectivity index (χ0n) is 6.70. The molecule has 0 bridgehead atoms. The quantitative estimate of drug-likeness (QED) is 0.268. The van der Waals surface area contributed by atoms with Crippen LogP contribution in [0.25, 0.3) is 0 Å². The first kappa shape index (κ1) is 14.1. The minimum absolute atomic E-state index is 0. The van der Waals surface area contributed by atoms with Crippen molar-refractivity contribution in [3.05, 3.63) is 0 Å². The summed E-state index contributed by atoms with van der Waals surface area (Å²) in [6.07, 6.45) is 0.593. The molecule has 0 N–H and O–H groups in total. The van der Waals surface area contributed by atoms with Crippen LogP contribution in [-0.4, -0.2) is 19.2 Å². The summed E-state index contributed by atoms with van der Waals surface area (Å²) in [5, 5.41) is 0. The Hall–Kier alpha value is 0.530. The molecule has 0 saturated carbocycles. The molecule has 0 aliphatic carbocycles. The van der Waals surface area contributed by atoms with E-state index in [1.54, 1.807) is 0 Å². The summed E-state index contributed by atoms with van der Waals surface area (Å²) < 4.78 is 14.3. The molecule has 0 aromatic heterocycles. The Morgan fingerprint density at radius 3 is 2.55 bits per heavy atom. The molecule has 0 aliphatic rings. The number of carbonyl (C=O) groups excluding carboxylic acids is 1. The van der Waals surface area contributed by atoms with E-state index >= 15 is 0 Å². The van der Waals surface area contributed by atoms with Gasteiger partial charge in [-0.05, 0) is 0 Å². The van der Waals surface area contributed by atoms with Gasteiger partial charge in [0.25, 0.3) is 0 Å². The second-order valence-electron chi connectivity index (χ2n) is 1.74. The summed E-state index contributed by atoms with van der Waals surface area (Å²) in [6, 6.07) is 0. The van der Waals surface area contributed by atoms with E-state index in [0.717, 1.165) is 0 Å². The van der Waals surface area contributed by atoms with Crippen LogP contribution in [0.15, 0.2) is 0 Å². The Kier molecular flexibility index (Phi) is 11.0. The second-order valence-corrected chi connectivity index (χ2v) is 2.85. The predicted molar refractivity (Wildman–Crippen MR) is 33.7 cm³/mol. The maximum Gasteiger partial charge on any atom is 1.00 e. The SMILES string of the molecule is COC(=O)CCC[P+](=O)[O-].[Na+]. The van der Waals surface area contributed by atoms with Gasteiger partial charge in [-0.2, -0.15) is 0 Å². The second kappa shape index (κ2) is 8.62. The molecule has 0 saturated heterocycles. The number of hydrogen-bond donors (Lipinski definition) is 0. The Labute approximate surface area is 88.5 Å². The molecule has 1 unspecified atom stereocenters. The molecular formula is C5H9NaO4P+. The molecule has 0 aromatic carbocycles. The molecule has 4 nitrogen and oxygen atoms in total. The molecule has 0 fully saturated rings. The summed E-state index contributed by atoms with van der Waals surface area (Å²) >= 11 is 0. The first-order chi connectivity index (χ1) is 4.66. The van der Waals surface area contributed by atoms with Gasteiger partial charge in [-0.25, -0.2) is 0 Å². The maximum atomic E-state index is 10.4. The number of esters is 1. The number of carbonyl (C=O) groups is 1. The van der Waals surface area contributed by atoms with E-state index in [-0.39, 0.29) is 48.1 Å². The molecule has 0 heterocycles. The van der Waals surface area contributed by atoms with Crippen LogP contribution in [0.3, 0.4) is 0 Å². The number of ether oxygens (including phenoxy) is 1. The summed E-state index contributed by atoms with van der Waals surface area (Å²) in [6.45, 7) is 0. The summed E-state index contributed by atoms with van der Waals surface area (Å²) in [5.41, 5.74) is 0. The van der Waals surface area contributed by atoms with Gasteiger partial charge in [-0.1, -0.05) is 4.57 Å². The molecular weight excluding hydrogens is 178 g/mol. The molecule has 0 aliphatic heterocycles. The smallest absolute Gasteiger partial charge is 0.596 e. The van der Waals surface area contributed by atoms with Crippen LogP contribution in [0.4, 0.5) is 0 Å². The van der Waals surface area contributed by atoms with Gasteiger partial charge >= 0.3 is 43.6 Å². The molecule has 0 spiro atoms. The van der Waals surface area contributed by atoms with Gasteiger partial charge in [0.2, 0.25) is 0 Å². The van der Waals surface area contributed by atoms with E-state index in [4.69, 9.17) is 0 Å². The third-order valence-electron chi connectivity index (χ3n) is 0.949. The fraction of sp³-hybridized carbons (Fsp3) is 0.800. The van der Waals surface area contributed by atoms with Crippen LogP contribution < -0.4 is 34.5 Å². The van der Waals surface area contributed by atoms with Crippen LogP contribution in [-0.2, 0) is 14.1 Å². The Morgan fingerprint density at radius 1 is 1.64 bits per heavy atom. The maximum absolute atomic E-state index is 10.4. The molecule has 6 heteroatoms. The molecule has 0 aromatic rings. The van der Waals surface area contributed by atoms with Crippen molar-refractivity contribution in [2.45, 2.75) is 12.8 Å².